The smallest absolute Gasteiger partial charge is 0.141 e. The molecule has 2 aliphatic rings. The first-order valence-corrected chi connectivity index (χ1v) is 6.85. The van der Waals surface area contributed by atoms with Gasteiger partial charge in [0.1, 0.15) is 17.8 Å². The number of pyridine rings is 1. The molecular formula is C15H17FN4. The van der Waals surface area contributed by atoms with Crippen molar-refractivity contribution in [3.63, 3.8) is 0 Å². The van der Waals surface area contributed by atoms with E-state index < -0.39 is 0 Å². The summed E-state index contributed by atoms with van der Waals surface area (Å²) in [6.07, 6.45) is 8.31. The number of nitrogens with zero attached hydrogens (tertiary/aromatic N) is 3. The molecule has 0 aliphatic carbocycles. The molecule has 0 amide bonds. The quantitative estimate of drug-likeness (QED) is 0.919. The maximum Gasteiger partial charge on any atom is 0.141 e. The Labute approximate surface area is 117 Å². The van der Waals surface area contributed by atoms with Crippen LogP contribution in [-0.4, -0.2) is 35.4 Å². The van der Waals surface area contributed by atoms with E-state index in [0.717, 1.165) is 19.5 Å². The van der Waals surface area contributed by atoms with E-state index in [0.29, 0.717) is 5.82 Å². The zero-order valence-electron chi connectivity index (χ0n) is 11.4. The molecule has 0 saturated heterocycles. The summed E-state index contributed by atoms with van der Waals surface area (Å²) in [4.78, 5) is 10.8. The molecule has 3 rings (SSSR count). The van der Waals surface area contributed by atoms with Gasteiger partial charge in [-0.15, -0.1) is 0 Å². The molecule has 3 heterocycles. The number of dihydropyridines is 1. The van der Waals surface area contributed by atoms with Crippen LogP contribution in [0.1, 0.15) is 13.3 Å². The third-order valence-corrected chi connectivity index (χ3v) is 3.49. The summed E-state index contributed by atoms with van der Waals surface area (Å²) in [6.45, 7) is 4.18. The number of hydrogen-bond acceptors (Lipinski definition) is 4. The second-order valence-electron chi connectivity index (χ2n) is 4.81. The Morgan fingerprint density at radius 2 is 2.35 bits per heavy atom. The number of nitrogens with one attached hydrogen (secondary N) is 1. The molecule has 20 heavy (non-hydrogen) atoms. The lowest BCUT2D eigenvalue weighted by atomic mass is 10.0. The minimum Gasteiger partial charge on any atom is -0.371 e. The lowest BCUT2D eigenvalue weighted by Gasteiger charge is -2.32. The lowest BCUT2D eigenvalue weighted by molar-refractivity contribution is 0.365. The van der Waals surface area contributed by atoms with Crippen molar-refractivity contribution in [1.82, 2.24) is 9.88 Å². The summed E-state index contributed by atoms with van der Waals surface area (Å²) < 4.78 is 12.8. The van der Waals surface area contributed by atoms with Gasteiger partial charge in [0.15, 0.2) is 0 Å². The zero-order valence-corrected chi connectivity index (χ0v) is 11.4. The van der Waals surface area contributed by atoms with Crippen LogP contribution in [0, 0.1) is 5.82 Å². The first-order valence-electron chi connectivity index (χ1n) is 6.85. The summed E-state index contributed by atoms with van der Waals surface area (Å²) in [5.41, 5.74) is 2.40. The fourth-order valence-corrected chi connectivity index (χ4v) is 2.48. The Morgan fingerprint density at radius 1 is 1.45 bits per heavy atom. The number of likely N-dealkylation sites (N-methyl/N-ethyl adjacent to an activating group) is 1. The minimum absolute atomic E-state index is 0.160. The first kappa shape index (κ1) is 12.8. The van der Waals surface area contributed by atoms with Gasteiger partial charge < -0.3 is 10.2 Å². The molecule has 5 heteroatoms. The number of halogens is 1. The van der Waals surface area contributed by atoms with Gasteiger partial charge >= 0.3 is 0 Å². The average molecular weight is 272 g/mol. The number of hydrogen-bond donors (Lipinski definition) is 1. The molecule has 0 fully saturated rings. The molecule has 2 aliphatic heterocycles. The largest absolute Gasteiger partial charge is 0.371 e. The van der Waals surface area contributed by atoms with Crippen LogP contribution in [0.5, 0.6) is 0 Å². The fourth-order valence-electron chi connectivity index (χ4n) is 2.48. The van der Waals surface area contributed by atoms with Crippen molar-refractivity contribution in [2.45, 2.75) is 19.5 Å². The summed E-state index contributed by atoms with van der Waals surface area (Å²) in [7, 11) is 0. The predicted molar refractivity (Wildman–Crippen MR) is 78.1 cm³/mol. The van der Waals surface area contributed by atoms with Crippen LogP contribution in [0.4, 0.5) is 10.2 Å². The van der Waals surface area contributed by atoms with E-state index in [2.05, 4.69) is 39.3 Å². The maximum absolute atomic E-state index is 12.8. The second kappa shape index (κ2) is 5.45. The number of fused-ring (bicyclic) bond motifs is 1. The van der Waals surface area contributed by atoms with Crippen molar-refractivity contribution in [3.05, 3.63) is 47.6 Å². The van der Waals surface area contributed by atoms with Crippen LogP contribution in [0.2, 0.25) is 0 Å². The molecule has 0 radical (unpaired) electrons. The average Bonchev–Trinajstić information content (AvgIpc) is 2.49. The predicted octanol–water partition coefficient (Wildman–Crippen LogP) is 2.58. The normalized spacial score (nSPS) is 21.1. The Kier molecular flexibility index (Phi) is 3.50. The summed E-state index contributed by atoms with van der Waals surface area (Å²) in [5, 5.41) is 3.18. The topological polar surface area (TPSA) is 40.5 Å². The van der Waals surface area contributed by atoms with Crippen LogP contribution >= 0.6 is 0 Å². The molecule has 0 aromatic carbocycles. The van der Waals surface area contributed by atoms with Crippen LogP contribution in [0.15, 0.2) is 46.7 Å². The molecule has 1 aromatic heterocycles. The Bertz CT molecular complexity index is 574. The summed E-state index contributed by atoms with van der Waals surface area (Å²) in [6, 6.07) is 3.01. The van der Waals surface area contributed by atoms with Crippen LogP contribution < -0.4 is 5.32 Å². The number of aromatic nitrogens is 1. The minimum atomic E-state index is -0.337. The highest BCUT2D eigenvalue weighted by Gasteiger charge is 2.20. The zero-order chi connectivity index (χ0) is 13.9. The molecule has 1 aromatic rings. The second-order valence-corrected chi connectivity index (χ2v) is 4.81. The molecule has 0 bridgehead atoms. The molecule has 4 nitrogen and oxygen atoms in total. The number of rotatable bonds is 3. The third kappa shape index (κ3) is 2.57. The maximum atomic E-state index is 12.8. The summed E-state index contributed by atoms with van der Waals surface area (Å²) >= 11 is 0. The van der Waals surface area contributed by atoms with E-state index in [-0.39, 0.29) is 12.0 Å². The van der Waals surface area contributed by atoms with E-state index >= 15 is 0 Å². The molecule has 1 unspecified atom stereocenters. The molecule has 1 atom stereocenters. The SMILES string of the molecule is CCN1CCC=C2C=NC(Nc3ccc(F)cn3)C=C21. The van der Waals surface area contributed by atoms with E-state index in [9.17, 15) is 4.39 Å². The highest BCUT2D eigenvalue weighted by molar-refractivity contribution is 5.86. The van der Waals surface area contributed by atoms with Crippen LogP contribution in [0.25, 0.3) is 0 Å². The number of anilines is 1. The van der Waals surface area contributed by atoms with Gasteiger partial charge in [-0.3, -0.25) is 4.99 Å². The van der Waals surface area contributed by atoms with E-state index in [4.69, 9.17) is 0 Å². The highest BCUT2D eigenvalue weighted by Crippen LogP contribution is 2.24. The van der Waals surface area contributed by atoms with Crippen molar-refractivity contribution < 1.29 is 4.39 Å². The standard InChI is InChI=1S/C15H17FN4/c1-2-20-7-3-4-11-9-17-15(8-13(11)20)19-14-6-5-12(16)10-18-14/h4-6,8-10,15H,2-3,7H2,1H3,(H,18,19). The first-order chi connectivity index (χ1) is 9.76. The van der Waals surface area contributed by atoms with Crippen molar-refractivity contribution in [1.29, 1.82) is 0 Å². The van der Waals surface area contributed by atoms with Crippen LogP contribution in [0.3, 0.4) is 0 Å². The Balaban J connectivity index is 1.78. The molecule has 0 spiro atoms. The highest BCUT2D eigenvalue weighted by atomic mass is 19.1. The lowest BCUT2D eigenvalue weighted by Crippen LogP contribution is -2.32. The van der Waals surface area contributed by atoms with Gasteiger partial charge in [-0.25, -0.2) is 9.37 Å². The van der Waals surface area contributed by atoms with Gasteiger partial charge in [0.05, 0.1) is 6.20 Å². The summed E-state index contributed by atoms with van der Waals surface area (Å²) in [5.74, 6) is 0.285. The van der Waals surface area contributed by atoms with Crippen LogP contribution in [-0.2, 0) is 0 Å². The molecule has 0 saturated carbocycles. The fraction of sp³-hybridized carbons (Fsp3) is 0.333. The van der Waals surface area contributed by atoms with Gasteiger partial charge in [0, 0.05) is 30.6 Å². The third-order valence-electron chi connectivity index (χ3n) is 3.49. The van der Waals surface area contributed by atoms with Crippen molar-refractivity contribution in [2.24, 2.45) is 4.99 Å². The molecule has 104 valence electrons. The van der Waals surface area contributed by atoms with E-state index in [1.807, 2.05) is 6.21 Å². The van der Waals surface area contributed by atoms with Gasteiger partial charge in [0.25, 0.3) is 0 Å². The van der Waals surface area contributed by atoms with Crippen molar-refractivity contribution in [2.75, 3.05) is 18.4 Å². The number of allylic oxidation sites excluding steroid dienone is 1. The van der Waals surface area contributed by atoms with Gasteiger partial charge in [-0.1, -0.05) is 6.08 Å². The van der Waals surface area contributed by atoms with Gasteiger partial charge in [-0.05, 0) is 31.6 Å². The molecular weight excluding hydrogens is 255 g/mol. The number of aliphatic imine (C=N–C) groups is 1. The van der Waals surface area contributed by atoms with Gasteiger partial charge in [-0.2, -0.15) is 0 Å². The van der Waals surface area contributed by atoms with E-state index in [1.54, 1.807) is 6.07 Å². The monoisotopic (exact) mass is 272 g/mol. The Hall–Kier alpha value is -2.17. The van der Waals surface area contributed by atoms with Crippen molar-refractivity contribution >= 4 is 12.0 Å². The van der Waals surface area contributed by atoms with Gasteiger partial charge in [0.2, 0.25) is 0 Å². The molecule has 1 N–H and O–H groups in total. The Morgan fingerprint density at radius 3 is 3.10 bits per heavy atom. The van der Waals surface area contributed by atoms with Crippen molar-refractivity contribution in [3.8, 4) is 0 Å². The van der Waals surface area contributed by atoms with E-state index in [1.165, 1.54) is 23.5 Å².